The second kappa shape index (κ2) is 6.04. The summed E-state index contributed by atoms with van der Waals surface area (Å²) >= 11 is 3.42. The number of nitrogens with zero attached hydrogens (tertiary/aromatic N) is 1. The van der Waals surface area contributed by atoms with Crippen LogP contribution in [0.4, 0.5) is 0 Å². The molecule has 0 fully saturated rings. The quantitative estimate of drug-likeness (QED) is 0.366. The van der Waals surface area contributed by atoms with E-state index in [9.17, 15) is 4.79 Å². The van der Waals surface area contributed by atoms with Crippen molar-refractivity contribution < 1.29 is 9.53 Å². The van der Waals surface area contributed by atoms with E-state index in [-0.39, 0.29) is 12.4 Å². The van der Waals surface area contributed by atoms with Gasteiger partial charge in [-0.3, -0.25) is 4.79 Å². The van der Waals surface area contributed by atoms with Gasteiger partial charge in [0.1, 0.15) is 0 Å². The van der Waals surface area contributed by atoms with E-state index in [0.29, 0.717) is 6.61 Å². The average molecular weight is 377 g/mol. The second-order valence-corrected chi connectivity index (χ2v) is 8.23. The van der Waals surface area contributed by atoms with Crippen LogP contribution < -0.4 is 0 Å². The van der Waals surface area contributed by atoms with Crippen molar-refractivity contribution in [2.45, 2.75) is 13.3 Å². The van der Waals surface area contributed by atoms with Gasteiger partial charge in [0, 0.05) is 25.7 Å². The standard InChI is InChI=1S/C21H15NO2S2/c1-2-24-17(23)11-14-20-18(12-7-3-5-9-15(12)25-20)22-19-13-8-4-6-10-16(13)26-21(14)19/h3-10H,2,11H2,1H3. The lowest BCUT2D eigenvalue weighted by Gasteiger charge is -2.05. The van der Waals surface area contributed by atoms with Gasteiger partial charge in [0.05, 0.1) is 33.5 Å². The third-order valence-electron chi connectivity index (χ3n) is 4.54. The maximum Gasteiger partial charge on any atom is 0.310 e. The Hall–Kier alpha value is -2.50. The molecule has 5 rings (SSSR count). The highest BCUT2D eigenvalue weighted by molar-refractivity contribution is 7.28. The summed E-state index contributed by atoms with van der Waals surface area (Å²) < 4.78 is 9.83. The van der Waals surface area contributed by atoms with E-state index in [1.165, 1.54) is 9.40 Å². The number of esters is 1. The number of pyridine rings is 1. The Kier molecular flexibility index (Phi) is 3.65. The molecule has 0 bridgehead atoms. The first kappa shape index (κ1) is 15.7. The van der Waals surface area contributed by atoms with Crippen molar-refractivity contribution in [2.75, 3.05) is 6.61 Å². The molecule has 0 saturated carbocycles. The van der Waals surface area contributed by atoms with Crippen molar-refractivity contribution in [3.8, 4) is 0 Å². The van der Waals surface area contributed by atoms with Crippen LogP contribution in [0.3, 0.4) is 0 Å². The number of hydrogen-bond donors (Lipinski definition) is 0. The number of fused-ring (bicyclic) bond motifs is 6. The molecule has 0 aliphatic heterocycles. The molecule has 3 aromatic heterocycles. The molecule has 26 heavy (non-hydrogen) atoms. The van der Waals surface area contributed by atoms with E-state index < -0.39 is 0 Å². The first-order valence-corrected chi connectivity index (χ1v) is 10.2. The molecule has 3 nitrogen and oxygen atoms in total. The lowest BCUT2D eigenvalue weighted by atomic mass is 10.1. The van der Waals surface area contributed by atoms with E-state index in [0.717, 1.165) is 36.8 Å². The summed E-state index contributed by atoms with van der Waals surface area (Å²) in [6.45, 7) is 2.24. The topological polar surface area (TPSA) is 39.2 Å². The largest absolute Gasteiger partial charge is 0.466 e. The van der Waals surface area contributed by atoms with Gasteiger partial charge in [0.2, 0.25) is 0 Å². The van der Waals surface area contributed by atoms with Crippen molar-refractivity contribution in [1.29, 1.82) is 0 Å². The van der Waals surface area contributed by atoms with E-state index >= 15 is 0 Å². The van der Waals surface area contributed by atoms with Gasteiger partial charge >= 0.3 is 5.97 Å². The molecule has 128 valence electrons. The van der Waals surface area contributed by atoms with Crippen LogP contribution in [-0.2, 0) is 16.0 Å². The molecular formula is C21H15NO2S2. The Morgan fingerprint density at radius 3 is 2.00 bits per heavy atom. The van der Waals surface area contributed by atoms with E-state index in [1.54, 1.807) is 22.7 Å². The van der Waals surface area contributed by atoms with E-state index in [4.69, 9.17) is 9.72 Å². The molecule has 3 heterocycles. The van der Waals surface area contributed by atoms with Crippen LogP contribution in [-0.4, -0.2) is 17.6 Å². The highest BCUT2D eigenvalue weighted by atomic mass is 32.1. The lowest BCUT2D eigenvalue weighted by molar-refractivity contribution is -0.142. The molecular weight excluding hydrogens is 362 g/mol. The van der Waals surface area contributed by atoms with Crippen molar-refractivity contribution in [1.82, 2.24) is 4.98 Å². The van der Waals surface area contributed by atoms with Crippen LogP contribution in [0, 0.1) is 0 Å². The Bertz CT molecular complexity index is 1210. The molecule has 5 aromatic rings. The van der Waals surface area contributed by atoms with Gasteiger partial charge in [-0.15, -0.1) is 22.7 Å². The monoisotopic (exact) mass is 377 g/mol. The molecule has 2 aromatic carbocycles. The van der Waals surface area contributed by atoms with Crippen molar-refractivity contribution in [3.05, 3.63) is 54.1 Å². The number of aromatic nitrogens is 1. The second-order valence-electron chi connectivity index (χ2n) is 6.12. The van der Waals surface area contributed by atoms with E-state index in [2.05, 4.69) is 24.3 Å². The smallest absolute Gasteiger partial charge is 0.310 e. The third kappa shape index (κ3) is 2.31. The summed E-state index contributed by atoms with van der Waals surface area (Å²) in [7, 11) is 0. The predicted molar refractivity (Wildman–Crippen MR) is 110 cm³/mol. The van der Waals surface area contributed by atoms with Gasteiger partial charge in [-0.25, -0.2) is 4.98 Å². The number of carbonyl (C=O) groups excluding carboxylic acids is 1. The highest BCUT2D eigenvalue weighted by Gasteiger charge is 2.20. The molecule has 0 spiro atoms. The van der Waals surface area contributed by atoms with Crippen LogP contribution in [0.2, 0.25) is 0 Å². The molecule has 0 unspecified atom stereocenters. The Morgan fingerprint density at radius 2 is 1.46 bits per heavy atom. The zero-order chi connectivity index (χ0) is 17.7. The molecule has 0 N–H and O–H groups in total. The van der Waals surface area contributed by atoms with Crippen molar-refractivity contribution in [2.24, 2.45) is 0 Å². The summed E-state index contributed by atoms with van der Waals surface area (Å²) in [5.74, 6) is -0.184. The fourth-order valence-electron chi connectivity index (χ4n) is 3.43. The third-order valence-corrected chi connectivity index (χ3v) is 6.98. The minimum Gasteiger partial charge on any atom is -0.466 e. The number of carbonyl (C=O) groups is 1. The normalized spacial score (nSPS) is 11.7. The summed E-state index contributed by atoms with van der Waals surface area (Å²) in [5.41, 5.74) is 3.02. The van der Waals surface area contributed by atoms with Crippen LogP contribution in [0.1, 0.15) is 12.5 Å². The lowest BCUT2D eigenvalue weighted by Crippen LogP contribution is -2.07. The Labute approximate surface area is 157 Å². The van der Waals surface area contributed by atoms with Gasteiger partial charge in [0.15, 0.2) is 0 Å². The van der Waals surface area contributed by atoms with Crippen molar-refractivity contribution in [3.63, 3.8) is 0 Å². The zero-order valence-electron chi connectivity index (χ0n) is 14.1. The Morgan fingerprint density at radius 1 is 0.923 bits per heavy atom. The molecule has 0 aliphatic carbocycles. The van der Waals surface area contributed by atoms with Crippen LogP contribution in [0.5, 0.6) is 0 Å². The number of hydrogen-bond acceptors (Lipinski definition) is 5. The van der Waals surface area contributed by atoms with Crippen LogP contribution in [0.15, 0.2) is 48.5 Å². The number of ether oxygens (including phenoxy) is 1. The van der Waals surface area contributed by atoms with E-state index in [1.807, 2.05) is 31.2 Å². The molecule has 0 radical (unpaired) electrons. The molecule has 0 amide bonds. The maximum absolute atomic E-state index is 12.3. The molecule has 0 saturated heterocycles. The Balaban J connectivity index is 1.92. The summed E-state index contributed by atoms with van der Waals surface area (Å²) in [4.78, 5) is 17.3. The fourth-order valence-corrected chi connectivity index (χ4v) is 5.87. The molecule has 0 aliphatic rings. The van der Waals surface area contributed by atoms with Gasteiger partial charge in [-0.1, -0.05) is 36.4 Å². The maximum atomic E-state index is 12.3. The van der Waals surface area contributed by atoms with Gasteiger partial charge in [-0.05, 0) is 19.1 Å². The minimum absolute atomic E-state index is 0.184. The highest BCUT2D eigenvalue weighted by Crippen LogP contribution is 2.42. The molecule has 5 heteroatoms. The van der Waals surface area contributed by atoms with Gasteiger partial charge in [-0.2, -0.15) is 0 Å². The number of rotatable bonds is 3. The summed E-state index contributed by atoms with van der Waals surface area (Å²) in [6.07, 6.45) is 0.281. The van der Waals surface area contributed by atoms with Crippen LogP contribution >= 0.6 is 22.7 Å². The summed E-state index contributed by atoms with van der Waals surface area (Å²) in [5, 5.41) is 2.30. The first-order chi connectivity index (χ1) is 12.8. The van der Waals surface area contributed by atoms with Gasteiger partial charge in [0.25, 0.3) is 0 Å². The van der Waals surface area contributed by atoms with Crippen molar-refractivity contribution >= 4 is 69.2 Å². The number of thiophene rings is 2. The average Bonchev–Trinajstić information content (AvgIpc) is 3.21. The van der Waals surface area contributed by atoms with Gasteiger partial charge < -0.3 is 4.74 Å². The SMILES string of the molecule is CCOC(=O)Cc1c2sc3ccccc3c2nc2c1sc1ccccc12. The predicted octanol–water partition coefficient (Wildman–Crippen LogP) is 5.92. The number of benzene rings is 2. The molecule has 0 atom stereocenters. The zero-order valence-corrected chi connectivity index (χ0v) is 15.7. The summed E-state index contributed by atoms with van der Waals surface area (Å²) in [6, 6.07) is 16.6. The van der Waals surface area contributed by atoms with Crippen LogP contribution in [0.25, 0.3) is 40.6 Å². The fraction of sp³-hybridized carbons (Fsp3) is 0.143. The minimum atomic E-state index is -0.184. The first-order valence-electron chi connectivity index (χ1n) is 8.53.